The molecule has 10 heteroatoms. The minimum absolute atomic E-state index is 0.0969. The van der Waals surface area contributed by atoms with E-state index < -0.39 is 5.97 Å². The van der Waals surface area contributed by atoms with Crippen molar-refractivity contribution in [1.82, 2.24) is 10.4 Å². The summed E-state index contributed by atoms with van der Waals surface area (Å²) in [4.78, 5) is 25.9. The lowest BCUT2D eigenvalue weighted by molar-refractivity contribution is 0.0693. The highest BCUT2D eigenvalue weighted by Crippen LogP contribution is 2.19. The van der Waals surface area contributed by atoms with E-state index in [1.807, 2.05) is 31.2 Å². The maximum absolute atomic E-state index is 11.7. The van der Waals surface area contributed by atoms with E-state index in [2.05, 4.69) is 15.5 Å². The molecule has 0 aliphatic carbocycles. The van der Waals surface area contributed by atoms with E-state index in [1.165, 1.54) is 30.6 Å². The molecule has 0 aliphatic heterocycles. The van der Waals surface area contributed by atoms with Crippen LogP contribution in [0.4, 0.5) is 5.69 Å². The zero-order valence-electron chi connectivity index (χ0n) is 17.2. The van der Waals surface area contributed by atoms with E-state index in [9.17, 15) is 9.59 Å². The fourth-order valence-corrected chi connectivity index (χ4v) is 2.24. The number of nitrogens with zero attached hydrogens (tertiary/aromatic N) is 2. The van der Waals surface area contributed by atoms with Gasteiger partial charge >= 0.3 is 5.97 Å². The molecule has 0 fully saturated rings. The Morgan fingerprint density at radius 2 is 1.75 bits per heavy atom. The molecule has 2 aromatic carbocycles. The van der Waals surface area contributed by atoms with Gasteiger partial charge in [-0.2, -0.15) is 5.10 Å². The summed E-state index contributed by atoms with van der Waals surface area (Å²) in [7, 11) is 0. The van der Waals surface area contributed by atoms with Gasteiger partial charge in [0.1, 0.15) is 23.7 Å². The molecule has 0 unspecified atom stereocenters. The molecule has 32 heavy (non-hydrogen) atoms. The van der Waals surface area contributed by atoms with Crippen LogP contribution in [0.3, 0.4) is 0 Å². The molecule has 3 aromatic rings. The van der Waals surface area contributed by atoms with Gasteiger partial charge in [0, 0.05) is 29.7 Å². The van der Waals surface area contributed by atoms with Gasteiger partial charge in [-0.3, -0.25) is 9.78 Å². The quantitative estimate of drug-likeness (QED) is 0.169. The Morgan fingerprint density at radius 3 is 2.34 bits per heavy atom. The summed E-state index contributed by atoms with van der Waals surface area (Å²) >= 11 is 0. The highest BCUT2D eigenvalue weighted by Gasteiger charge is 2.08. The standard InChI is InChI=1S/C15H16N4O2.C7H7NO3/c1-11-2-4-13(5-3-11)21-10-14(16)18-19-15(20)12-6-8-17-9-7-12;8-4-1-2-5(7(10)11)6(9)3-4/h2-9H,10H2,1H3,(H2,16,18)(H,19,20);1-3,9H,8H2,(H,10,11). The van der Waals surface area contributed by atoms with Gasteiger partial charge in [0.15, 0.2) is 5.84 Å². The molecule has 0 bridgehead atoms. The molecule has 7 N–H and O–H groups in total. The van der Waals surface area contributed by atoms with E-state index in [1.54, 1.807) is 12.1 Å². The fourth-order valence-electron chi connectivity index (χ4n) is 2.24. The third-order valence-electron chi connectivity index (χ3n) is 3.90. The Morgan fingerprint density at radius 1 is 1.09 bits per heavy atom. The zero-order chi connectivity index (χ0) is 23.5. The molecular weight excluding hydrogens is 414 g/mol. The summed E-state index contributed by atoms with van der Waals surface area (Å²) in [5, 5.41) is 21.2. The minimum Gasteiger partial charge on any atom is -0.507 e. The van der Waals surface area contributed by atoms with Gasteiger partial charge in [0.25, 0.3) is 5.91 Å². The third kappa shape index (κ3) is 7.67. The average molecular weight is 437 g/mol. The van der Waals surface area contributed by atoms with Crippen molar-refractivity contribution in [2.45, 2.75) is 6.92 Å². The van der Waals surface area contributed by atoms with Crippen LogP contribution in [0.15, 0.2) is 72.1 Å². The molecule has 10 nitrogen and oxygen atoms in total. The van der Waals surface area contributed by atoms with Crippen LogP contribution in [0.2, 0.25) is 0 Å². The number of hydrogen-bond acceptors (Lipinski definition) is 7. The van der Waals surface area contributed by atoms with Crippen molar-refractivity contribution in [3.8, 4) is 11.5 Å². The monoisotopic (exact) mass is 437 g/mol. The molecule has 0 saturated heterocycles. The molecule has 0 aliphatic rings. The van der Waals surface area contributed by atoms with Gasteiger partial charge in [0.2, 0.25) is 0 Å². The number of pyridine rings is 1. The van der Waals surface area contributed by atoms with Gasteiger partial charge in [-0.05, 0) is 43.3 Å². The molecule has 0 spiro atoms. The Labute approximate surface area is 184 Å². The summed E-state index contributed by atoms with van der Waals surface area (Å²) in [6, 6.07) is 14.6. The number of nitrogen functional groups attached to an aromatic ring is 1. The SMILES string of the molecule is Cc1ccc(OC/C(N)=N\NC(=O)c2ccncc2)cc1.Nc1ccc(C(=O)O)c(O)c1. The largest absolute Gasteiger partial charge is 0.507 e. The predicted octanol–water partition coefficient (Wildman–Crippen LogP) is 2.14. The average Bonchev–Trinajstić information content (AvgIpc) is 2.78. The van der Waals surface area contributed by atoms with E-state index in [0.29, 0.717) is 17.0 Å². The first-order valence-corrected chi connectivity index (χ1v) is 9.30. The van der Waals surface area contributed by atoms with Crippen LogP contribution in [0.25, 0.3) is 0 Å². The highest BCUT2D eigenvalue weighted by atomic mass is 16.5. The summed E-state index contributed by atoms with van der Waals surface area (Å²) in [5.41, 5.74) is 15.1. The third-order valence-corrected chi connectivity index (χ3v) is 3.90. The molecule has 1 heterocycles. The number of rotatable bonds is 6. The van der Waals surface area contributed by atoms with Crippen LogP contribution in [-0.2, 0) is 0 Å². The van der Waals surface area contributed by atoms with Crippen molar-refractivity contribution in [2.75, 3.05) is 12.3 Å². The van der Waals surface area contributed by atoms with Crippen molar-refractivity contribution in [3.63, 3.8) is 0 Å². The minimum atomic E-state index is -1.16. The number of carbonyl (C=O) groups excluding carboxylic acids is 1. The van der Waals surface area contributed by atoms with Gasteiger partial charge in [-0.15, -0.1) is 0 Å². The van der Waals surface area contributed by atoms with Crippen LogP contribution in [0.1, 0.15) is 26.3 Å². The second-order valence-corrected chi connectivity index (χ2v) is 6.46. The van der Waals surface area contributed by atoms with Crippen molar-refractivity contribution in [3.05, 3.63) is 83.7 Å². The zero-order valence-corrected chi connectivity index (χ0v) is 17.2. The summed E-state index contributed by atoms with van der Waals surface area (Å²) in [5.74, 6) is -0.951. The maximum atomic E-state index is 11.7. The van der Waals surface area contributed by atoms with Crippen LogP contribution in [-0.4, -0.2) is 39.5 Å². The Kier molecular flexibility index (Phi) is 8.55. The first kappa shape index (κ1) is 23.7. The number of carbonyl (C=O) groups is 2. The number of benzene rings is 2. The Bertz CT molecular complexity index is 1090. The normalized spacial score (nSPS) is 10.5. The van der Waals surface area contributed by atoms with E-state index in [-0.39, 0.29) is 29.7 Å². The number of carboxylic acids is 1. The lowest BCUT2D eigenvalue weighted by Crippen LogP contribution is -2.27. The summed E-state index contributed by atoms with van der Waals surface area (Å²) in [6.07, 6.45) is 3.06. The molecule has 0 atom stereocenters. The molecule has 166 valence electrons. The smallest absolute Gasteiger partial charge is 0.339 e. The van der Waals surface area contributed by atoms with E-state index in [0.717, 1.165) is 5.56 Å². The number of aryl methyl sites for hydroxylation is 1. The van der Waals surface area contributed by atoms with Crippen LogP contribution >= 0.6 is 0 Å². The second-order valence-electron chi connectivity index (χ2n) is 6.46. The number of hydrogen-bond donors (Lipinski definition) is 5. The van der Waals surface area contributed by atoms with Crippen molar-refractivity contribution < 1.29 is 24.5 Å². The molecule has 0 saturated carbocycles. The molecule has 1 amide bonds. The van der Waals surface area contributed by atoms with E-state index >= 15 is 0 Å². The molecular formula is C22H23N5O5. The number of ether oxygens (including phenoxy) is 1. The number of hydrazone groups is 1. The number of aromatic hydroxyl groups is 1. The highest BCUT2D eigenvalue weighted by molar-refractivity contribution is 5.95. The van der Waals surface area contributed by atoms with Gasteiger partial charge < -0.3 is 26.4 Å². The van der Waals surface area contributed by atoms with Crippen LogP contribution in [0, 0.1) is 6.92 Å². The number of amidine groups is 1. The number of nitrogens with one attached hydrogen (secondary N) is 1. The van der Waals surface area contributed by atoms with Crippen molar-refractivity contribution in [1.29, 1.82) is 0 Å². The predicted molar refractivity (Wildman–Crippen MR) is 119 cm³/mol. The van der Waals surface area contributed by atoms with Crippen molar-refractivity contribution in [2.24, 2.45) is 10.8 Å². The number of aromatic carboxylic acids is 1. The number of amides is 1. The Hall–Kier alpha value is -4.60. The maximum Gasteiger partial charge on any atom is 0.339 e. The van der Waals surface area contributed by atoms with Crippen molar-refractivity contribution >= 4 is 23.4 Å². The van der Waals surface area contributed by atoms with E-state index in [4.69, 9.17) is 26.4 Å². The number of phenols is 1. The Balaban J connectivity index is 0.000000278. The first-order chi connectivity index (χ1) is 15.3. The van der Waals surface area contributed by atoms with Crippen LogP contribution < -0.4 is 21.6 Å². The summed E-state index contributed by atoms with van der Waals surface area (Å²) in [6.45, 7) is 2.09. The molecule has 3 rings (SSSR count). The lowest BCUT2D eigenvalue weighted by atomic mass is 10.2. The van der Waals surface area contributed by atoms with Gasteiger partial charge in [0.05, 0.1) is 0 Å². The second kappa shape index (κ2) is 11.6. The van der Waals surface area contributed by atoms with Gasteiger partial charge in [-0.1, -0.05) is 17.7 Å². The fraction of sp³-hybridized carbons (Fsp3) is 0.0909. The van der Waals surface area contributed by atoms with Gasteiger partial charge in [-0.25, -0.2) is 10.2 Å². The molecule has 0 radical (unpaired) electrons. The van der Waals surface area contributed by atoms with Crippen LogP contribution in [0.5, 0.6) is 11.5 Å². The number of carboxylic acid groups (broad SMARTS) is 1. The number of anilines is 1. The number of nitrogens with two attached hydrogens (primary N) is 2. The summed E-state index contributed by atoms with van der Waals surface area (Å²) < 4.78 is 5.44. The topological polar surface area (TPSA) is 173 Å². The molecule has 1 aromatic heterocycles. The lowest BCUT2D eigenvalue weighted by Gasteiger charge is -2.06. The number of aromatic nitrogens is 1. The first-order valence-electron chi connectivity index (χ1n) is 9.30.